The van der Waals surface area contributed by atoms with Crippen LogP contribution in [0.5, 0.6) is 0 Å². The zero-order chi connectivity index (χ0) is 20.9. The Labute approximate surface area is 176 Å². The van der Waals surface area contributed by atoms with Gasteiger partial charge in [-0.2, -0.15) is 0 Å². The van der Waals surface area contributed by atoms with Gasteiger partial charge in [0.15, 0.2) is 0 Å². The molecule has 1 atom stereocenters. The van der Waals surface area contributed by atoms with E-state index in [1.54, 1.807) is 0 Å². The van der Waals surface area contributed by atoms with Crippen LogP contribution in [0.4, 0.5) is 4.79 Å². The highest BCUT2D eigenvalue weighted by atomic mass is 16.7. The van der Waals surface area contributed by atoms with Gasteiger partial charge in [0, 0.05) is 0 Å². The number of hydrogen-bond acceptors (Lipinski definition) is 2. The summed E-state index contributed by atoms with van der Waals surface area (Å²) in [6.45, 7) is 4.36. The van der Waals surface area contributed by atoms with Gasteiger partial charge >= 0.3 is 6.16 Å². The molecule has 3 nitrogen and oxygen atoms in total. The maximum absolute atomic E-state index is 11.3. The highest BCUT2D eigenvalue weighted by Gasteiger charge is 2.20. The molecule has 158 valence electrons. The maximum Gasteiger partial charge on any atom is 0.506 e. The minimum Gasteiger partial charge on any atom is -0.450 e. The first kappa shape index (κ1) is 23.0. The monoisotopic (exact) mass is 396 g/mol. The molecule has 0 aliphatic heterocycles. The largest absolute Gasteiger partial charge is 0.506 e. The summed E-state index contributed by atoms with van der Waals surface area (Å²) in [5, 5.41) is 9.28. The Kier molecular flexibility index (Phi) is 10.3. The van der Waals surface area contributed by atoms with Crippen molar-refractivity contribution in [2.24, 2.45) is 0 Å². The lowest BCUT2D eigenvalue weighted by Crippen LogP contribution is -2.13. The lowest BCUT2D eigenvalue weighted by molar-refractivity contribution is 0.0460. The summed E-state index contributed by atoms with van der Waals surface area (Å²) in [6, 6.07) is 16.9. The number of aryl methyl sites for hydroxylation is 2. The zero-order valence-corrected chi connectivity index (χ0v) is 18.0. The van der Waals surface area contributed by atoms with Gasteiger partial charge in [0.25, 0.3) is 0 Å². The molecule has 0 radical (unpaired) electrons. The Bertz CT molecular complexity index is 724. The summed E-state index contributed by atoms with van der Waals surface area (Å²) in [5.74, 6) is 0. The molecular weight excluding hydrogens is 360 g/mol. The standard InChI is InChI=1S/C26H36O3/c1-3-13-22-18-12-19-24(23(22)14-4-2)25(29-26(27)28)20-11-6-5-8-15-21-16-9-7-10-17-21/h7,9-10,12,16-19,25H,3-6,8,11,13-15,20H2,1-2H3,(H,27,28). The fraction of sp³-hybridized carbons (Fsp3) is 0.500. The van der Waals surface area contributed by atoms with E-state index in [-0.39, 0.29) is 6.10 Å². The van der Waals surface area contributed by atoms with Crippen molar-refractivity contribution in [3.8, 4) is 0 Å². The van der Waals surface area contributed by atoms with Gasteiger partial charge in [0.05, 0.1) is 0 Å². The van der Waals surface area contributed by atoms with Crippen molar-refractivity contribution in [3.63, 3.8) is 0 Å². The molecule has 0 aliphatic carbocycles. The number of carboxylic acid groups (broad SMARTS) is 1. The number of ether oxygens (including phenoxy) is 1. The van der Waals surface area contributed by atoms with Crippen molar-refractivity contribution < 1.29 is 14.6 Å². The predicted molar refractivity (Wildman–Crippen MR) is 120 cm³/mol. The molecular formula is C26H36O3. The highest BCUT2D eigenvalue weighted by molar-refractivity contribution is 5.57. The fourth-order valence-corrected chi connectivity index (χ4v) is 4.07. The van der Waals surface area contributed by atoms with Gasteiger partial charge in [0.2, 0.25) is 0 Å². The lowest BCUT2D eigenvalue weighted by Gasteiger charge is -2.22. The van der Waals surface area contributed by atoms with Crippen molar-refractivity contribution in [3.05, 3.63) is 70.8 Å². The molecule has 29 heavy (non-hydrogen) atoms. The second-order valence-electron chi connectivity index (χ2n) is 7.80. The molecule has 0 fully saturated rings. The zero-order valence-electron chi connectivity index (χ0n) is 18.0. The van der Waals surface area contributed by atoms with E-state index in [0.717, 1.165) is 63.4 Å². The van der Waals surface area contributed by atoms with Crippen molar-refractivity contribution in [1.29, 1.82) is 0 Å². The normalized spacial score (nSPS) is 11.9. The summed E-state index contributed by atoms with van der Waals surface area (Å²) in [5.41, 5.74) is 5.10. The predicted octanol–water partition coefficient (Wildman–Crippen LogP) is 7.52. The third-order valence-corrected chi connectivity index (χ3v) is 5.44. The molecule has 0 saturated heterocycles. The fourth-order valence-electron chi connectivity index (χ4n) is 4.07. The molecule has 2 aromatic rings. The van der Waals surface area contributed by atoms with Crippen LogP contribution in [0.3, 0.4) is 0 Å². The van der Waals surface area contributed by atoms with Gasteiger partial charge in [-0.3, -0.25) is 0 Å². The molecule has 1 unspecified atom stereocenters. The Hall–Kier alpha value is -2.29. The molecule has 0 spiro atoms. The van der Waals surface area contributed by atoms with Crippen LogP contribution in [0.25, 0.3) is 0 Å². The third kappa shape index (κ3) is 7.92. The van der Waals surface area contributed by atoms with E-state index in [1.807, 2.05) is 6.07 Å². The summed E-state index contributed by atoms with van der Waals surface area (Å²) >= 11 is 0. The summed E-state index contributed by atoms with van der Waals surface area (Å²) in [7, 11) is 0. The topological polar surface area (TPSA) is 46.5 Å². The van der Waals surface area contributed by atoms with Gasteiger partial charge in [-0.25, -0.2) is 4.79 Å². The van der Waals surface area contributed by atoms with Gasteiger partial charge in [-0.1, -0.05) is 88.1 Å². The molecule has 0 aromatic heterocycles. The Balaban J connectivity index is 1.95. The van der Waals surface area contributed by atoms with E-state index in [0.29, 0.717) is 0 Å². The maximum atomic E-state index is 11.3. The third-order valence-electron chi connectivity index (χ3n) is 5.44. The van der Waals surface area contributed by atoms with E-state index >= 15 is 0 Å². The Morgan fingerprint density at radius 2 is 1.59 bits per heavy atom. The number of hydrogen-bond donors (Lipinski definition) is 1. The summed E-state index contributed by atoms with van der Waals surface area (Å²) in [4.78, 5) is 11.3. The number of benzene rings is 2. The quantitative estimate of drug-likeness (QED) is 0.281. The SMILES string of the molecule is CCCc1cccc(C(CCCCCCc2ccccc2)OC(=O)O)c1CCC. The minimum atomic E-state index is -1.18. The minimum absolute atomic E-state index is 0.361. The first-order valence-corrected chi connectivity index (χ1v) is 11.2. The smallest absolute Gasteiger partial charge is 0.450 e. The highest BCUT2D eigenvalue weighted by Crippen LogP contribution is 2.31. The number of carbonyl (C=O) groups is 1. The van der Waals surface area contributed by atoms with E-state index < -0.39 is 6.16 Å². The molecule has 3 heteroatoms. The van der Waals surface area contributed by atoms with Crippen LogP contribution in [0.1, 0.15) is 87.2 Å². The van der Waals surface area contributed by atoms with Crippen molar-refractivity contribution in [1.82, 2.24) is 0 Å². The molecule has 2 aromatic carbocycles. The first-order chi connectivity index (χ1) is 14.2. The summed E-state index contributed by atoms with van der Waals surface area (Å²) in [6.07, 6.45) is 8.87. The molecule has 0 heterocycles. The molecule has 0 saturated carbocycles. The van der Waals surface area contributed by atoms with Gasteiger partial charge < -0.3 is 9.84 Å². The van der Waals surface area contributed by atoms with Crippen LogP contribution in [-0.2, 0) is 24.0 Å². The van der Waals surface area contributed by atoms with Gasteiger partial charge in [0.1, 0.15) is 6.10 Å². The number of rotatable bonds is 13. The Morgan fingerprint density at radius 1 is 0.862 bits per heavy atom. The first-order valence-electron chi connectivity index (χ1n) is 11.2. The van der Waals surface area contributed by atoms with Crippen molar-refractivity contribution in [2.45, 2.75) is 84.2 Å². The average molecular weight is 397 g/mol. The molecule has 2 rings (SSSR count). The van der Waals surface area contributed by atoms with Crippen LogP contribution in [0.2, 0.25) is 0 Å². The lowest BCUT2D eigenvalue weighted by atomic mass is 9.90. The van der Waals surface area contributed by atoms with Crippen LogP contribution in [0.15, 0.2) is 48.5 Å². The van der Waals surface area contributed by atoms with Gasteiger partial charge in [-0.05, 0) is 60.8 Å². The van der Waals surface area contributed by atoms with Crippen LogP contribution < -0.4 is 0 Å². The second-order valence-corrected chi connectivity index (χ2v) is 7.80. The molecule has 0 aliphatic rings. The molecule has 1 N–H and O–H groups in total. The second kappa shape index (κ2) is 13.0. The van der Waals surface area contributed by atoms with E-state index in [2.05, 4.69) is 56.3 Å². The van der Waals surface area contributed by atoms with E-state index in [9.17, 15) is 9.90 Å². The summed E-state index contributed by atoms with van der Waals surface area (Å²) < 4.78 is 5.35. The van der Waals surface area contributed by atoms with E-state index in [1.165, 1.54) is 23.1 Å². The molecule has 0 bridgehead atoms. The van der Waals surface area contributed by atoms with Crippen LogP contribution >= 0.6 is 0 Å². The van der Waals surface area contributed by atoms with Crippen molar-refractivity contribution in [2.75, 3.05) is 0 Å². The van der Waals surface area contributed by atoms with Crippen LogP contribution in [-0.4, -0.2) is 11.3 Å². The van der Waals surface area contributed by atoms with Crippen molar-refractivity contribution >= 4 is 6.16 Å². The van der Waals surface area contributed by atoms with E-state index in [4.69, 9.17) is 4.74 Å². The molecule has 0 amide bonds. The Morgan fingerprint density at radius 3 is 2.28 bits per heavy atom. The van der Waals surface area contributed by atoms with Gasteiger partial charge in [-0.15, -0.1) is 0 Å². The van der Waals surface area contributed by atoms with Crippen LogP contribution in [0, 0.1) is 0 Å². The number of unbranched alkanes of at least 4 members (excludes halogenated alkanes) is 3. The average Bonchev–Trinajstić information content (AvgIpc) is 2.72.